The molecule has 0 saturated carbocycles. The Balaban J connectivity index is 1.75. The number of rotatable bonds is 7. The van der Waals surface area contributed by atoms with Crippen molar-refractivity contribution in [2.75, 3.05) is 32.1 Å². The van der Waals surface area contributed by atoms with E-state index in [-0.39, 0.29) is 11.9 Å². The number of morpholine rings is 1. The smallest absolute Gasteiger partial charge is 0.230 e. The van der Waals surface area contributed by atoms with Gasteiger partial charge < -0.3 is 10.1 Å². The van der Waals surface area contributed by atoms with E-state index in [1.807, 2.05) is 31.2 Å². The van der Waals surface area contributed by atoms with Crippen LogP contribution in [0.3, 0.4) is 0 Å². The number of hydrogen-bond acceptors (Lipinski definition) is 6. The van der Waals surface area contributed by atoms with Gasteiger partial charge in [-0.2, -0.15) is 0 Å². The van der Waals surface area contributed by atoms with Gasteiger partial charge in [0.1, 0.15) is 10.9 Å². The van der Waals surface area contributed by atoms with E-state index < -0.39 is 0 Å². The second-order valence-corrected chi connectivity index (χ2v) is 7.48. The van der Waals surface area contributed by atoms with Gasteiger partial charge in [0.25, 0.3) is 0 Å². The number of fused-ring (bicyclic) bond motifs is 1. The number of carbonyl (C=O) groups is 1. The van der Waals surface area contributed by atoms with Crippen LogP contribution in [0.4, 0.5) is 0 Å². The van der Waals surface area contributed by atoms with Crippen LogP contribution in [0.25, 0.3) is 10.9 Å². The molecular formula is C19H26N4O2S. The van der Waals surface area contributed by atoms with E-state index in [9.17, 15) is 4.79 Å². The van der Waals surface area contributed by atoms with Gasteiger partial charge in [0.2, 0.25) is 5.91 Å². The van der Waals surface area contributed by atoms with Gasteiger partial charge in [-0.1, -0.05) is 36.9 Å². The predicted molar refractivity (Wildman–Crippen MR) is 104 cm³/mol. The molecule has 0 bridgehead atoms. The second kappa shape index (κ2) is 9.30. The van der Waals surface area contributed by atoms with E-state index >= 15 is 0 Å². The number of nitrogens with one attached hydrogen (secondary N) is 1. The molecule has 1 aliphatic rings. The standard InChI is InChI=1S/C19H26N4O2S/c1-3-14(2)20-18(24)13-26-19-15-6-4-5-7-16(15)21-17(22-19)12-23-8-10-25-11-9-23/h4-7,14H,3,8-13H2,1-2H3,(H,20,24)/t14-/m1/s1. The highest BCUT2D eigenvalue weighted by Gasteiger charge is 2.15. The zero-order valence-corrected chi connectivity index (χ0v) is 16.2. The van der Waals surface area contributed by atoms with E-state index in [0.29, 0.717) is 12.3 Å². The van der Waals surface area contributed by atoms with Crippen molar-refractivity contribution in [3.63, 3.8) is 0 Å². The van der Waals surface area contributed by atoms with Crippen LogP contribution in [0.5, 0.6) is 0 Å². The fourth-order valence-electron chi connectivity index (χ4n) is 2.79. The van der Waals surface area contributed by atoms with E-state index in [4.69, 9.17) is 14.7 Å². The number of hydrogen-bond donors (Lipinski definition) is 1. The average Bonchev–Trinajstić information content (AvgIpc) is 2.66. The van der Waals surface area contributed by atoms with Crippen LogP contribution < -0.4 is 5.32 Å². The van der Waals surface area contributed by atoms with Gasteiger partial charge in [-0.05, 0) is 19.4 Å². The Morgan fingerprint density at radius 1 is 1.31 bits per heavy atom. The molecule has 0 radical (unpaired) electrons. The molecule has 1 atom stereocenters. The lowest BCUT2D eigenvalue weighted by Gasteiger charge is -2.25. The van der Waals surface area contributed by atoms with Crippen LogP contribution >= 0.6 is 11.8 Å². The lowest BCUT2D eigenvalue weighted by molar-refractivity contribution is -0.119. The summed E-state index contributed by atoms with van der Waals surface area (Å²) in [5.41, 5.74) is 0.926. The summed E-state index contributed by atoms with van der Waals surface area (Å²) in [6.45, 7) is 8.10. The minimum Gasteiger partial charge on any atom is -0.379 e. The molecule has 3 rings (SSSR count). The highest BCUT2D eigenvalue weighted by molar-refractivity contribution is 8.00. The molecule has 0 spiro atoms. The highest BCUT2D eigenvalue weighted by atomic mass is 32.2. The number of para-hydroxylation sites is 1. The van der Waals surface area contributed by atoms with Gasteiger partial charge in [-0.15, -0.1) is 0 Å². The fourth-order valence-corrected chi connectivity index (χ4v) is 3.64. The van der Waals surface area contributed by atoms with Crippen molar-refractivity contribution in [2.24, 2.45) is 0 Å². The molecule has 1 aromatic heterocycles. The Labute approximate surface area is 158 Å². The third-order valence-corrected chi connectivity index (χ3v) is 5.43. The summed E-state index contributed by atoms with van der Waals surface area (Å²) in [5, 5.41) is 4.88. The van der Waals surface area contributed by atoms with Gasteiger partial charge in [-0.25, -0.2) is 9.97 Å². The number of aromatic nitrogens is 2. The molecular weight excluding hydrogens is 348 g/mol. The van der Waals surface area contributed by atoms with Gasteiger partial charge in [0.15, 0.2) is 0 Å². The van der Waals surface area contributed by atoms with Crippen molar-refractivity contribution >= 4 is 28.6 Å². The van der Waals surface area contributed by atoms with Crippen molar-refractivity contribution in [3.8, 4) is 0 Å². The summed E-state index contributed by atoms with van der Waals surface area (Å²) in [4.78, 5) is 23.9. The molecule has 0 unspecified atom stereocenters. The lowest BCUT2D eigenvalue weighted by Crippen LogP contribution is -2.36. The second-order valence-electron chi connectivity index (χ2n) is 6.52. The van der Waals surface area contributed by atoms with Gasteiger partial charge in [0, 0.05) is 24.5 Å². The topological polar surface area (TPSA) is 67.4 Å². The number of ether oxygens (including phenoxy) is 1. The summed E-state index contributed by atoms with van der Waals surface area (Å²) < 4.78 is 5.41. The zero-order chi connectivity index (χ0) is 18.4. The lowest BCUT2D eigenvalue weighted by atomic mass is 10.2. The SMILES string of the molecule is CC[C@@H](C)NC(=O)CSc1nc(CN2CCOCC2)nc2ccccc12. The Hall–Kier alpha value is -1.70. The van der Waals surface area contributed by atoms with Crippen LogP contribution in [0, 0.1) is 0 Å². The first kappa shape index (κ1) is 19.1. The maximum absolute atomic E-state index is 12.1. The number of carbonyl (C=O) groups excluding carboxylic acids is 1. The van der Waals surface area contributed by atoms with Crippen LogP contribution in [0.15, 0.2) is 29.3 Å². The summed E-state index contributed by atoms with van der Waals surface area (Å²) in [6.07, 6.45) is 0.927. The average molecular weight is 375 g/mol. The first-order chi connectivity index (χ1) is 12.7. The zero-order valence-electron chi connectivity index (χ0n) is 15.4. The van der Waals surface area contributed by atoms with E-state index in [1.165, 1.54) is 11.8 Å². The molecule has 2 heterocycles. The van der Waals surface area contributed by atoms with Gasteiger partial charge in [-0.3, -0.25) is 9.69 Å². The van der Waals surface area contributed by atoms with E-state index in [1.54, 1.807) is 0 Å². The maximum Gasteiger partial charge on any atom is 0.230 e. The first-order valence-electron chi connectivity index (χ1n) is 9.13. The Morgan fingerprint density at radius 3 is 2.85 bits per heavy atom. The molecule has 6 nitrogen and oxygen atoms in total. The minimum absolute atomic E-state index is 0.0433. The molecule has 1 N–H and O–H groups in total. The fraction of sp³-hybridized carbons (Fsp3) is 0.526. The molecule has 140 valence electrons. The highest BCUT2D eigenvalue weighted by Crippen LogP contribution is 2.25. The van der Waals surface area contributed by atoms with E-state index in [2.05, 4.69) is 17.1 Å². The number of benzene rings is 1. The summed E-state index contributed by atoms with van der Waals surface area (Å²) in [6, 6.07) is 8.18. The summed E-state index contributed by atoms with van der Waals surface area (Å²) in [7, 11) is 0. The van der Waals surface area contributed by atoms with Crippen molar-refractivity contribution in [1.29, 1.82) is 0 Å². The predicted octanol–water partition coefficient (Wildman–Crippen LogP) is 2.47. The summed E-state index contributed by atoms with van der Waals surface area (Å²) in [5.74, 6) is 1.21. The maximum atomic E-state index is 12.1. The van der Waals surface area contributed by atoms with Crippen molar-refractivity contribution in [2.45, 2.75) is 37.9 Å². The first-order valence-corrected chi connectivity index (χ1v) is 10.1. The molecule has 26 heavy (non-hydrogen) atoms. The Kier molecular flexibility index (Phi) is 6.82. The molecule has 1 aromatic carbocycles. The van der Waals surface area contributed by atoms with Crippen molar-refractivity contribution < 1.29 is 9.53 Å². The minimum atomic E-state index is 0.0433. The Bertz CT molecular complexity index is 749. The molecule has 0 aliphatic carbocycles. The van der Waals surface area contributed by atoms with Gasteiger partial charge >= 0.3 is 0 Å². The molecule has 7 heteroatoms. The monoisotopic (exact) mass is 374 g/mol. The molecule has 1 fully saturated rings. The molecule has 1 saturated heterocycles. The summed E-state index contributed by atoms with van der Waals surface area (Å²) >= 11 is 1.48. The van der Waals surface area contributed by atoms with E-state index in [0.717, 1.165) is 54.5 Å². The number of thioether (sulfide) groups is 1. The molecule has 1 amide bonds. The van der Waals surface area contributed by atoms with Crippen LogP contribution in [0.1, 0.15) is 26.1 Å². The molecule has 1 aliphatic heterocycles. The third kappa shape index (κ3) is 5.16. The Morgan fingerprint density at radius 2 is 2.08 bits per heavy atom. The molecule has 2 aromatic rings. The van der Waals surface area contributed by atoms with Crippen molar-refractivity contribution in [3.05, 3.63) is 30.1 Å². The third-order valence-electron chi connectivity index (χ3n) is 4.44. The number of nitrogens with zero attached hydrogens (tertiary/aromatic N) is 3. The largest absolute Gasteiger partial charge is 0.379 e. The van der Waals surface area contributed by atoms with Crippen molar-refractivity contribution in [1.82, 2.24) is 20.2 Å². The normalized spacial score (nSPS) is 16.5. The van der Waals surface area contributed by atoms with Crippen LogP contribution in [-0.4, -0.2) is 58.9 Å². The quantitative estimate of drug-likeness (QED) is 0.593. The number of amides is 1. The van der Waals surface area contributed by atoms with Crippen LogP contribution in [0.2, 0.25) is 0 Å². The van der Waals surface area contributed by atoms with Crippen LogP contribution in [-0.2, 0) is 16.1 Å². The van der Waals surface area contributed by atoms with Gasteiger partial charge in [0.05, 0.1) is 31.0 Å².